The van der Waals surface area contributed by atoms with Crippen molar-refractivity contribution >= 4 is 16.9 Å². The smallest absolute Gasteiger partial charge is 0.251 e. The highest BCUT2D eigenvalue weighted by Crippen LogP contribution is 2.21. The van der Waals surface area contributed by atoms with Gasteiger partial charge in [0.05, 0.1) is 17.6 Å². The summed E-state index contributed by atoms with van der Waals surface area (Å²) in [5.41, 5.74) is 3.31. The topological polar surface area (TPSA) is 67.0 Å². The number of imidazole rings is 1. The van der Waals surface area contributed by atoms with Crippen LogP contribution in [0.5, 0.6) is 0 Å². The van der Waals surface area contributed by atoms with Crippen LogP contribution in [0.15, 0.2) is 48.5 Å². The number of H-pyrrole nitrogens is 1. The van der Waals surface area contributed by atoms with Crippen LogP contribution in [0.25, 0.3) is 22.4 Å². The molecule has 3 rings (SSSR count). The molecular formula is C17H17N3O2. The first kappa shape index (κ1) is 14.3. The van der Waals surface area contributed by atoms with E-state index in [-0.39, 0.29) is 5.91 Å². The van der Waals surface area contributed by atoms with Gasteiger partial charge in [0.25, 0.3) is 5.91 Å². The first-order chi connectivity index (χ1) is 10.8. The monoisotopic (exact) mass is 295 g/mol. The van der Waals surface area contributed by atoms with E-state index in [1.165, 1.54) is 0 Å². The highest BCUT2D eigenvalue weighted by atomic mass is 16.5. The average Bonchev–Trinajstić information content (AvgIpc) is 2.99. The van der Waals surface area contributed by atoms with Gasteiger partial charge in [-0.05, 0) is 18.2 Å². The lowest BCUT2D eigenvalue weighted by molar-refractivity contribution is 0.0937. The molecule has 0 saturated carbocycles. The SMILES string of the molecule is COCCNC(=O)c1ccc2nc(-c3ccccc3)[nH]c2c1. The van der Waals surface area contributed by atoms with Crippen LogP contribution in [0.4, 0.5) is 0 Å². The molecule has 5 heteroatoms. The van der Waals surface area contributed by atoms with Gasteiger partial charge in [-0.15, -0.1) is 0 Å². The van der Waals surface area contributed by atoms with Gasteiger partial charge in [-0.3, -0.25) is 4.79 Å². The maximum Gasteiger partial charge on any atom is 0.251 e. The Morgan fingerprint density at radius 2 is 2.05 bits per heavy atom. The lowest BCUT2D eigenvalue weighted by Crippen LogP contribution is -2.26. The molecule has 0 unspecified atom stereocenters. The van der Waals surface area contributed by atoms with E-state index < -0.39 is 0 Å². The number of methoxy groups -OCH3 is 1. The summed E-state index contributed by atoms with van der Waals surface area (Å²) >= 11 is 0. The van der Waals surface area contributed by atoms with Crippen molar-refractivity contribution in [1.29, 1.82) is 0 Å². The number of carbonyl (C=O) groups is 1. The van der Waals surface area contributed by atoms with Crippen LogP contribution in [-0.4, -0.2) is 36.1 Å². The van der Waals surface area contributed by atoms with Crippen molar-refractivity contribution in [3.05, 3.63) is 54.1 Å². The second-order valence-corrected chi connectivity index (χ2v) is 4.93. The van der Waals surface area contributed by atoms with Crippen molar-refractivity contribution in [2.24, 2.45) is 0 Å². The van der Waals surface area contributed by atoms with Gasteiger partial charge in [-0.25, -0.2) is 4.98 Å². The Kier molecular flexibility index (Phi) is 4.16. The third-order valence-electron chi connectivity index (χ3n) is 3.38. The summed E-state index contributed by atoms with van der Waals surface area (Å²) in [6.45, 7) is 0.988. The third kappa shape index (κ3) is 2.99. The van der Waals surface area contributed by atoms with E-state index in [4.69, 9.17) is 4.74 Å². The molecule has 22 heavy (non-hydrogen) atoms. The number of rotatable bonds is 5. The number of ether oxygens (including phenoxy) is 1. The first-order valence-electron chi connectivity index (χ1n) is 7.10. The number of nitrogens with zero attached hydrogens (tertiary/aromatic N) is 1. The summed E-state index contributed by atoms with van der Waals surface area (Å²) in [6, 6.07) is 15.3. The Bertz CT molecular complexity index is 781. The van der Waals surface area contributed by atoms with Crippen LogP contribution < -0.4 is 5.32 Å². The number of carbonyl (C=O) groups excluding carboxylic acids is 1. The molecule has 1 amide bonds. The second kappa shape index (κ2) is 6.41. The summed E-state index contributed by atoms with van der Waals surface area (Å²) in [7, 11) is 1.61. The summed E-state index contributed by atoms with van der Waals surface area (Å²) in [6.07, 6.45) is 0. The van der Waals surface area contributed by atoms with E-state index in [1.54, 1.807) is 13.2 Å². The zero-order valence-corrected chi connectivity index (χ0v) is 12.3. The molecule has 112 valence electrons. The minimum atomic E-state index is -0.116. The zero-order valence-electron chi connectivity index (χ0n) is 12.3. The summed E-state index contributed by atoms with van der Waals surface area (Å²) in [4.78, 5) is 19.8. The van der Waals surface area contributed by atoms with E-state index in [2.05, 4.69) is 15.3 Å². The van der Waals surface area contributed by atoms with Crippen molar-refractivity contribution in [3.8, 4) is 11.4 Å². The second-order valence-electron chi connectivity index (χ2n) is 4.93. The fourth-order valence-corrected chi connectivity index (χ4v) is 2.25. The average molecular weight is 295 g/mol. The Hall–Kier alpha value is -2.66. The summed E-state index contributed by atoms with van der Waals surface area (Å²) in [5, 5.41) is 2.80. The van der Waals surface area contributed by atoms with Crippen molar-refractivity contribution in [3.63, 3.8) is 0 Å². The van der Waals surface area contributed by atoms with Gasteiger partial charge in [-0.1, -0.05) is 30.3 Å². The zero-order chi connectivity index (χ0) is 15.4. The number of hydrogen-bond acceptors (Lipinski definition) is 3. The molecule has 0 bridgehead atoms. The Balaban J connectivity index is 1.86. The summed E-state index contributed by atoms with van der Waals surface area (Å²) < 4.78 is 4.92. The molecule has 1 heterocycles. The van der Waals surface area contributed by atoms with Gasteiger partial charge in [0.2, 0.25) is 0 Å². The predicted molar refractivity (Wildman–Crippen MR) is 85.7 cm³/mol. The van der Waals surface area contributed by atoms with E-state index in [9.17, 15) is 4.79 Å². The minimum Gasteiger partial charge on any atom is -0.383 e. The molecule has 1 aromatic heterocycles. The van der Waals surface area contributed by atoms with Crippen LogP contribution in [0, 0.1) is 0 Å². The summed E-state index contributed by atoms with van der Waals surface area (Å²) in [5.74, 6) is 0.683. The Morgan fingerprint density at radius 1 is 1.23 bits per heavy atom. The minimum absolute atomic E-state index is 0.116. The van der Waals surface area contributed by atoms with E-state index in [0.717, 1.165) is 22.4 Å². The number of hydrogen-bond donors (Lipinski definition) is 2. The van der Waals surface area contributed by atoms with E-state index >= 15 is 0 Å². The quantitative estimate of drug-likeness (QED) is 0.711. The number of fused-ring (bicyclic) bond motifs is 1. The molecule has 0 atom stereocenters. The van der Waals surface area contributed by atoms with Gasteiger partial charge in [0.1, 0.15) is 5.82 Å². The van der Waals surface area contributed by atoms with Crippen molar-refractivity contribution < 1.29 is 9.53 Å². The molecule has 0 aliphatic carbocycles. The molecule has 0 spiro atoms. The first-order valence-corrected chi connectivity index (χ1v) is 7.10. The lowest BCUT2D eigenvalue weighted by atomic mass is 10.2. The fourth-order valence-electron chi connectivity index (χ4n) is 2.25. The van der Waals surface area contributed by atoms with Crippen LogP contribution in [0.2, 0.25) is 0 Å². The molecule has 0 aliphatic rings. The Morgan fingerprint density at radius 3 is 2.82 bits per heavy atom. The highest BCUT2D eigenvalue weighted by molar-refractivity contribution is 5.97. The number of amides is 1. The van der Waals surface area contributed by atoms with Gasteiger partial charge in [0.15, 0.2) is 0 Å². The molecule has 2 aromatic carbocycles. The standard InChI is InChI=1S/C17H17N3O2/c1-22-10-9-18-17(21)13-7-8-14-15(11-13)20-16(19-14)12-5-3-2-4-6-12/h2-8,11H,9-10H2,1H3,(H,18,21)(H,19,20). The van der Waals surface area contributed by atoms with Gasteiger partial charge in [-0.2, -0.15) is 0 Å². The molecule has 3 aromatic rings. The number of aromatic nitrogens is 2. The van der Waals surface area contributed by atoms with Gasteiger partial charge in [0, 0.05) is 24.8 Å². The third-order valence-corrected chi connectivity index (χ3v) is 3.38. The Labute approximate surface area is 128 Å². The molecule has 0 aliphatic heterocycles. The van der Waals surface area contributed by atoms with Crippen LogP contribution in [-0.2, 0) is 4.74 Å². The predicted octanol–water partition coefficient (Wildman–Crippen LogP) is 2.61. The van der Waals surface area contributed by atoms with Crippen LogP contribution in [0.3, 0.4) is 0 Å². The molecule has 5 nitrogen and oxygen atoms in total. The molecular weight excluding hydrogens is 278 g/mol. The maximum atomic E-state index is 12.0. The van der Waals surface area contributed by atoms with E-state index in [1.807, 2.05) is 42.5 Å². The maximum absolute atomic E-state index is 12.0. The van der Waals surface area contributed by atoms with E-state index in [0.29, 0.717) is 18.7 Å². The fraction of sp³-hybridized carbons (Fsp3) is 0.176. The molecule has 2 N–H and O–H groups in total. The number of benzene rings is 2. The van der Waals surface area contributed by atoms with Gasteiger partial charge < -0.3 is 15.0 Å². The van der Waals surface area contributed by atoms with Crippen molar-refractivity contribution in [2.75, 3.05) is 20.3 Å². The number of nitrogens with one attached hydrogen (secondary N) is 2. The lowest BCUT2D eigenvalue weighted by Gasteiger charge is -2.04. The molecule has 0 fully saturated rings. The van der Waals surface area contributed by atoms with Crippen molar-refractivity contribution in [2.45, 2.75) is 0 Å². The normalized spacial score (nSPS) is 10.8. The van der Waals surface area contributed by atoms with Gasteiger partial charge >= 0.3 is 0 Å². The molecule has 0 radical (unpaired) electrons. The van der Waals surface area contributed by atoms with Crippen molar-refractivity contribution in [1.82, 2.24) is 15.3 Å². The number of aromatic amines is 1. The largest absolute Gasteiger partial charge is 0.383 e. The highest BCUT2D eigenvalue weighted by Gasteiger charge is 2.09. The van der Waals surface area contributed by atoms with Crippen LogP contribution >= 0.6 is 0 Å². The molecule has 0 saturated heterocycles. The van der Waals surface area contributed by atoms with Crippen LogP contribution in [0.1, 0.15) is 10.4 Å².